The molecule has 22 heavy (non-hydrogen) atoms. The zero-order valence-corrected chi connectivity index (χ0v) is 15.1. The van der Waals surface area contributed by atoms with Crippen molar-refractivity contribution >= 4 is 0 Å². The highest BCUT2D eigenvalue weighted by atomic mass is 14.0. The van der Waals surface area contributed by atoms with E-state index in [2.05, 4.69) is 62.5 Å². The van der Waals surface area contributed by atoms with Gasteiger partial charge in [-0.15, -0.1) is 0 Å². The summed E-state index contributed by atoms with van der Waals surface area (Å²) in [5.74, 6) is 0. The van der Waals surface area contributed by atoms with E-state index in [1.54, 1.807) is 0 Å². The molecule has 0 heteroatoms. The molecule has 126 valence electrons. The molecule has 0 bridgehead atoms. The van der Waals surface area contributed by atoms with Gasteiger partial charge in [0.25, 0.3) is 0 Å². The minimum Gasteiger partial charge on any atom is -0.0885 e. The van der Waals surface area contributed by atoms with Gasteiger partial charge in [-0.1, -0.05) is 107 Å². The first-order chi connectivity index (χ1) is 10.9. The average molecular weight is 303 g/mol. The Bertz CT molecular complexity index is 304. The lowest BCUT2D eigenvalue weighted by Crippen LogP contribution is -1.79. The second kappa shape index (κ2) is 20.0. The van der Waals surface area contributed by atoms with Crippen molar-refractivity contribution in [1.29, 1.82) is 0 Å². The van der Waals surface area contributed by atoms with Crippen LogP contribution in [0.2, 0.25) is 0 Å². The van der Waals surface area contributed by atoms with Crippen molar-refractivity contribution in [2.75, 3.05) is 0 Å². The smallest absolute Gasteiger partial charge is 0.0166 e. The van der Waals surface area contributed by atoms with Crippen LogP contribution >= 0.6 is 0 Å². The van der Waals surface area contributed by atoms with E-state index in [0.717, 1.165) is 19.3 Å². The summed E-state index contributed by atoms with van der Waals surface area (Å²) in [6.45, 7) is 4.45. The minimum absolute atomic E-state index is 1.04. The summed E-state index contributed by atoms with van der Waals surface area (Å²) >= 11 is 0. The Balaban J connectivity index is 3.29. The molecule has 0 rings (SSSR count). The second-order valence-electron chi connectivity index (χ2n) is 5.94. The van der Waals surface area contributed by atoms with Crippen molar-refractivity contribution in [2.45, 2.75) is 90.9 Å². The average Bonchev–Trinajstić information content (AvgIpc) is 2.54. The van der Waals surface area contributed by atoms with E-state index in [9.17, 15) is 0 Å². The molecule has 0 radical (unpaired) electrons. The molecule has 0 fully saturated rings. The van der Waals surface area contributed by atoms with Gasteiger partial charge in [0.1, 0.15) is 0 Å². The van der Waals surface area contributed by atoms with Crippen LogP contribution in [-0.4, -0.2) is 0 Å². The largest absolute Gasteiger partial charge is 0.0885 e. The van der Waals surface area contributed by atoms with E-state index in [1.807, 2.05) is 0 Å². The molecule has 0 atom stereocenters. The molecule has 0 amide bonds. The standard InChI is InChI=1S/C22H38/c1-3-5-7-9-11-13-15-17-19-21-22-20-18-16-14-12-10-8-6-4-2/h5,7,11,13,17,19,21-22H,3-4,6,8-10,12,14-16,18,20H2,1-2H3/b7-5-,13-11?,19-17?,22-21?. The highest BCUT2D eigenvalue weighted by Gasteiger charge is 1.89. The maximum atomic E-state index is 2.31. The van der Waals surface area contributed by atoms with E-state index in [1.165, 1.54) is 57.8 Å². The van der Waals surface area contributed by atoms with Gasteiger partial charge < -0.3 is 0 Å². The molecule has 0 N–H and O–H groups in total. The highest BCUT2D eigenvalue weighted by Crippen LogP contribution is 2.09. The van der Waals surface area contributed by atoms with Gasteiger partial charge in [-0.3, -0.25) is 0 Å². The number of allylic oxidation sites excluding steroid dienone is 8. The maximum absolute atomic E-state index is 2.31. The second-order valence-corrected chi connectivity index (χ2v) is 5.94. The number of hydrogen-bond acceptors (Lipinski definition) is 0. The molecule has 0 spiro atoms. The van der Waals surface area contributed by atoms with Gasteiger partial charge >= 0.3 is 0 Å². The van der Waals surface area contributed by atoms with E-state index < -0.39 is 0 Å². The van der Waals surface area contributed by atoms with Crippen molar-refractivity contribution in [3.05, 3.63) is 48.6 Å². The minimum atomic E-state index is 1.04. The van der Waals surface area contributed by atoms with Crippen LogP contribution in [0, 0.1) is 0 Å². The van der Waals surface area contributed by atoms with Crippen molar-refractivity contribution in [1.82, 2.24) is 0 Å². The predicted molar refractivity (Wildman–Crippen MR) is 103 cm³/mol. The molecule has 0 aliphatic carbocycles. The van der Waals surface area contributed by atoms with E-state index >= 15 is 0 Å². The van der Waals surface area contributed by atoms with Gasteiger partial charge in [0, 0.05) is 0 Å². The molecular weight excluding hydrogens is 264 g/mol. The lowest BCUT2D eigenvalue weighted by Gasteiger charge is -1.99. The van der Waals surface area contributed by atoms with Crippen LogP contribution in [0.3, 0.4) is 0 Å². The van der Waals surface area contributed by atoms with Gasteiger partial charge in [0.15, 0.2) is 0 Å². The summed E-state index contributed by atoms with van der Waals surface area (Å²) in [7, 11) is 0. The fourth-order valence-corrected chi connectivity index (χ4v) is 2.34. The van der Waals surface area contributed by atoms with E-state index in [4.69, 9.17) is 0 Å². The van der Waals surface area contributed by atoms with Gasteiger partial charge in [0.05, 0.1) is 0 Å². The molecule has 0 heterocycles. The monoisotopic (exact) mass is 302 g/mol. The predicted octanol–water partition coefficient (Wildman–Crippen LogP) is 7.93. The summed E-state index contributed by atoms with van der Waals surface area (Å²) in [6, 6.07) is 0. The summed E-state index contributed by atoms with van der Waals surface area (Å²) in [5.41, 5.74) is 0. The quantitative estimate of drug-likeness (QED) is 0.164. The van der Waals surface area contributed by atoms with Gasteiger partial charge in [-0.25, -0.2) is 0 Å². The van der Waals surface area contributed by atoms with Crippen molar-refractivity contribution < 1.29 is 0 Å². The first kappa shape index (κ1) is 21.0. The molecule has 0 saturated carbocycles. The zero-order chi connectivity index (χ0) is 16.1. The third-order valence-corrected chi connectivity index (χ3v) is 3.72. The molecule has 0 aromatic carbocycles. The molecule has 0 aliphatic rings. The van der Waals surface area contributed by atoms with Crippen LogP contribution in [0.25, 0.3) is 0 Å². The van der Waals surface area contributed by atoms with Gasteiger partial charge in [0.2, 0.25) is 0 Å². The lowest BCUT2D eigenvalue weighted by molar-refractivity contribution is 0.577. The first-order valence-corrected chi connectivity index (χ1v) is 9.53. The zero-order valence-electron chi connectivity index (χ0n) is 15.1. The third kappa shape index (κ3) is 19.0. The molecule has 0 unspecified atom stereocenters. The fraction of sp³-hybridized carbons (Fsp3) is 0.636. The van der Waals surface area contributed by atoms with E-state index in [0.29, 0.717) is 0 Å². The van der Waals surface area contributed by atoms with Crippen LogP contribution in [0.5, 0.6) is 0 Å². The highest BCUT2D eigenvalue weighted by molar-refractivity contribution is 5.05. The Labute approximate surface area is 140 Å². The normalized spacial score (nSPS) is 12.6. The van der Waals surface area contributed by atoms with E-state index in [-0.39, 0.29) is 0 Å². The van der Waals surface area contributed by atoms with Crippen molar-refractivity contribution in [3.63, 3.8) is 0 Å². The van der Waals surface area contributed by atoms with Crippen LogP contribution in [0.1, 0.15) is 90.9 Å². The Kier molecular flexibility index (Phi) is 19.0. The third-order valence-electron chi connectivity index (χ3n) is 3.72. The Morgan fingerprint density at radius 1 is 0.500 bits per heavy atom. The lowest BCUT2D eigenvalue weighted by atomic mass is 10.1. The summed E-state index contributed by atoms with van der Waals surface area (Å²) in [5, 5.41) is 0. The molecule has 0 aromatic heterocycles. The van der Waals surface area contributed by atoms with Gasteiger partial charge in [-0.05, 0) is 32.1 Å². The molecule has 0 nitrogen and oxygen atoms in total. The van der Waals surface area contributed by atoms with Crippen molar-refractivity contribution in [3.8, 4) is 0 Å². The summed E-state index contributed by atoms with van der Waals surface area (Å²) < 4.78 is 0. The van der Waals surface area contributed by atoms with Crippen LogP contribution in [0.4, 0.5) is 0 Å². The number of hydrogen-bond donors (Lipinski definition) is 0. The van der Waals surface area contributed by atoms with Crippen LogP contribution < -0.4 is 0 Å². The number of unbranched alkanes of at least 4 members (excludes halogenated alkanes) is 8. The van der Waals surface area contributed by atoms with Crippen LogP contribution in [0.15, 0.2) is 48.6 Å². The molecule has 0 aliphatic heterocycles. The summed E-state index contributed by atoms with van der Waals surface area (Å²) in [4.78, 5) is 0. The Hall–Kier alpha value is -1.04. The summed E-state index contributed by atoms with van der Waals surface area (Å²) in [6.07, 6.45) is 33.6. The molecule has 0 aromatic rings. The molecule has 0 saturated heterocycles. The van der Waals surface area contributed by atoms with Crippen molar-refractivity contribution in [2.24, 2.45) is 0 Å². The SMILES string of the molecule is CC/C=C\CC=CCC=CC=CCCCCCCCCCC. The fourth-order valence-electron chi connectivity index (χ4n) is 2.34. The Morgan fingerprint density at radius 2 is 1.05 bits per heavy atom. The topological polar surface area (TPSA) is 0 Å². The van der Waals surface area contributed by atoms with Crippen LogP contribution in [-0.2, 0) is 0 Å². The number of rotatable bonds is 15. The Morgan fingerprint density at radius 3 is 1.73 bits per heavy atom. The maximum Gasteiger partial charge on any atom is -0.0166 e. The van der Waals surface area contributed by atoms with Gasteiger partial charge in [-0.2, -0.15) is 0 Å². The first-order valence-electron chi connectivity index (χ1n) is 9.53. The molecular formula is C22H38.